The van der Waals surface area contributed by atoms with Gasteiger partial charge in [-0.15, -0.1) is 0 Å². The predicted octanol–water partition coefficient (Wildman–Crippen LogP) is 1.96. The minimum atomic E-state index is -0.321. The van der Waals surface area contributed by atoms with Crippen LogP contribution in [0.2, 0.25) is 0 Å². The molecule has 0 amide bonds. The van der Waals surface area contributed by atoms with Gasteiger partial charge in [0.15, 0.2) is 0 Å². The van der Waals surface area contributed by atoms with Gasteiger partial charge < -0.3 is 9.84 Å². The number of aliphatic hydroxyl groups is 1. The van der Waals surface area contributed by atoms with Crippen LogP contribution in [0.5, 0.6) is 0 Å². The zero-order valence-corrected chi connectivity index (χ0v) is 8.34. The Morgan fingerprint density at radius 1 is 1.33 bits per heavy atom. The van der Waals surface area contributed by atoms with Gasteiger partial charge in [0.25, 0.3) is 0 Å². The van der Waals surface area contributed by atoms with E-state index in [1.54, 1.807) is 0 Å². The van der Waals surface area contributed by atoms with Crippen LogP contribution < -0.4 is 0 Å². The van der Waals surface area contributed by atoms with Crippen molar-refractivity contribution in [1.82, 2.24) is 0 Å². The lowest BCUT2D eigenvalue weighted by molar-refractivity contribution is -0.149. The Morgan fingerprint density at radius 2 is 2.00 bits per heavy atom. The van der Waals surface area contributed by atoms with Crippen molar-refractivity contribution in [3.63, 3.8) is 0 Å². The summed E-state index contributed by atoms with van der Waals surface area (Å²) >= 11 is 0. The van der Waals surface area contributed by atoms with E-state index in [4.69, 9.17) is 4.74 Å². The number of hydrogen-bond acceptors (Lipinski definition) is 2. The molecule has 1 heterocycles. The van der Waals surface area contributed by atoms with Crippen LogP contribution in [0.15, 0.2) is 0 Å². The van der Waals surface area contributed by atoms with Crippen LogP contribution in [-0.4, -0.2) is 23.4 Å². The van der Waals surface area contributed by atoms with Crippen LogP contribution >= 0.6 is 0 Å². The average Bonchev–Trinajstić information content (AvgIpc) is 2.04. The lowest BCUT2D eigenvalue weighted by Gasteiger charge is -2.39. The summed E-state index contributed by atoms with van der Waals surface area (Å²) < 4.78 is 5.64. The molecule has 1 fully saturated rings. The highest BCUT2D eigenvalue weighted by Gasteiger charge is 2.37. The molecule has 0 aromatic carbocycles. The van der Waals surface area contributed by atoms with Crippen molar-refractivity contribution in [3.8, 4) is 0 Å². The fourth-order valence-electron chi connectivity index (χ4n) is 1.89. The number of aliphatic hydroxyl groups excluding tert-OH is 1. The molecule has 2 unspecified atom stereocenters. The zero-order chi connectivity index (χ0) is 9.19. The fraction of sp³-hybridized carbons (Fsp3) is 1.00. The maximum Gasteiger partial charge on any atom is 0.0914 e. The molecule has 1 aliphatic heterocycles. The van der Waals surface area contributed by atoms with E-state index >= 15 is 0 Å². The number of hydrogen-bond donors (Lipinski definition) is 1. The smallest absolute Gasteiger partial charge is 0.0914 e. The van der Waals surface area contributed by atoms with Crippen LogP contribution in [0.4, 0.5) is 0 Å². The summed E-state index contributed by atoms with van der Waals surface area (Å²) in [5.74, 6) is 0.285. The van der Waals surface area contributed by atoms with Gasteiger partial charge in [-0.05, 0) is 32.1 Å². The first-order valence-electron chi connectivity index (χ1n) is 4.88. The van der Waals surface area contributed by atoms with Crippen LogP contribution in [0.1, 0.15) is 40.0 Å². The van der Waals surface area contributed by atoms with E-state index in [0.29, 0.717) is 0 Å². The van der Waals surface area contributed by atoms with E-state index in [-0.39, 0.29) is 17.6 Å². The van der Waals surface area contributed by atoms with E-state index in [2.05, 4.69) is 0 Å². The monoisotopic (exact) mass is 172 g/mol. The SMILES string of the molecule is CC(C)C(O)C1(C)CCCCO1. The maximum absolute atomic E-state index is 9.89. The van der Waals surface area contributed by atoms with Crippen LogP contribution in [0.3, 0.4) is 0 Å². The van der Waals surface area contributed by atoms with Gasteiger partial charge in [0, 0.05) is 6.61 Å². The van der Waals surface area contributed by atoms with Crippen LogP contribution in [-0.2, 0) is 4.74 Å². The Labute approximate surface area is 74.9 Å². The molecule has 0 spiro atoms. The third-order valence-corrected chi connectivity index (χ3v) is 2.76. The highest BCUT2D eigenvalue weighted by atomic mass is 16.5. The van der Waals surface area contributed by atoms with Crippen LogP contribution in [0.25, 0.3) is 0 Å². The van der Waals surface area contributed by atoms with E-state index in [9.17, 15) is 5.11 Å². The predicted molar refractivity (Wildman–Crippen MR) is 49.1 cm³/mol. The minimum absolute atomic E-state index is 0.285. The topological polar surface area (TPSA) is 29.5 Å². The highest BCUT2D eigenvalue weighted by molar-refractivity contribution is 4.87. The first-order valence-corrected chi connectivity index (χ1v) is 4.88. The normalized spacial score (nSPS) is 33.8. The molecule has 2 nitrogen and oxygen atoms in total. The Morgan fingerprint density at radius 3 is 2.42 bits per heavy atom. The van der Waals surface area contributed by atoms with Gasteiger partial charge in [-0.1, -0.05) is 13.8 Å². The number of rotatable bonds is 2. The van der Waals surface area contributed by atoms with Gasteiger partial charge in [-0.2, -0.15) is 0 Å². The maximum atomic E-state index is 9.89. The Kier molecular flexibility index (Phi) is 3.13. The van der Waals surface area contributed by atoms with Crippen molar-refractivity contribution in [2.75, 3.05) is 6.61 Å². The summed E-state index contributed by atoms with van der Waals surface area (Å²) in [5.41, 5.74) is -0.285. The Bertz CT molecular complexity index is 137. The number of ether oxygens (including phenoxy) is 1. The highest BCUT2D eigenvalue weighted by Crippen LogP contribution is 2.30. The average molecular weight is 172 g/mol. The van der Waals surface area contributed by atoms with E-state index in [1.165, 1.54) is 6.42 Å². The van der Waals surface area contributed by atoms with Gasteiger partial charge in [0.1, 0.15) is 0 Å². The summed E-state index contributed by atoms with van der Waals surface area (Å²) in [6.45, 7) is 6.90. The second kappa shape index (κ2) is 3.75. The molecule has 2 atom stereocenters. The molecule has 1 N–H and O–H groups in total. The van der Waals surface area contributed by atoms with E-state index in [1.807, 2.05) is 20.8 Å². The molecule has 0 bridgehead atoms. The van der Waals surface area contributed by atoms with Gasteiger partial charge in [0.05, 0.1) is 11.7 Å². The molecule has 0 aromatic rings. The second-order valence-corrected chi connectivity index (χ2v) is 4.31. The molecular weight excluding hydrogens is 152 g/mol. The largest absolute Gasteiger partial charge is 0.390 e. The summed E-state index contributed by atoms with van der Waals surface area (Å²) in [4.78, 5) is 0. The van der Waals surface area contributed by atoms with Crippen molar-refractivity contribution in [2.24, 2.45) is 5.92 Å². The molecule has 0 aliphatic carbocycles. The molecule has 0 aromatic heterocycles. The second-order valence-electron chi connectivity index (χ2n) is 4.31. The van der Waals surface area contributed by atoms with Crippen molar-refractivity contribution in [2.45, 2.75) is 51.7 Å². The first-order chi connectivity index (χ1) is 5.56. The van der Waals surface area contributed by atoms with Crippen molar-refractivity contribution in [1.29, 1.82) is 0 Å². The van der Waals surface area contributed by atoms with Crippen molar-refractivity contribution < 1.29 is 9.84 Å². The lowest BCUT2D eigenvalue weighted by atomic mass is 9.84. The van der Waals surface area contributed by atoms with Gasteiger partial charge in [-0.25, -0.2) is 0 Å². The van der Waals surface area contributed by atoms with Gasteiger partial charge >= 0.3 is 0 Å². The molecule has 72 valence electrons. The summed E-state index contributed by atoms with van der Waals surface area (Å²) in [6, 6.07) is 0. The Hall–Kier alpha value is -0.0800. The molecule has 2 heteroatoms. The summed E-state index contributed by atoms with van der Waals surface area (Å²) in [5, 5.41) is 9.89. The first kappa shape index (κ1) is 10.0. The summed E-state index contributed by atoms with van der Waals surface area (Å²) in [6.07, 6.45) is 2.99. The quantitative estimate of drug-likeness (QED) is 0.690. The molecule has 0 radical (unpaired) electrons. The minimum Gasteiger partial charge on any atom is -0.390 e. The molecule has 12 heavy (non-hydrogen) atoms. The molecule has 1 aliphatic rings. The molecule has 1 saturated heterocycles. The molecular formula is C10H20O2. The van der Waals surface area contributed by atoms with E-state index in [0.717, 1.165) is 19.4 Å². The van der Waals surface area contributed by atoms with Crippen LogP contribution in [0, 0.1) is 5.92 Å². The fourth-order valence-corrected chi connectivity index (χ4v) is 1.89. The Balaban J connectivity index is 2.56. The molecule has 0 saturated carbocycles. The third kappa shape index (κ3) is 1.99. The van der Waals surface area contributed by atoms with Crippen molar-refractivity contribution >= 4 is 0 Å². The van der Waals surface area contributed by atoms with E-state index < -0.39 is 0 Å². The van der Waals surface area contributed by atoms with Crippen molar-refractivity contribution in [3.05, 3.63) is 0 Å². The van der Waals surface area contributed by atoms with Gasteiger partial charge in [-0.3, -0.25) is 0 Å². The molecule has 1 rings (SSSR count). The standard InChI is InChI=1S/C10H20O2/c1-8(2)9(11)10(3)6-4-5-7-12-10/h8-9,11H,4-7H2,1-3H3. The lowest BCUT2D eigenvalue weighted by Crippen LogP contribution is -2.47. The van der Waals surface area contributed by atoms with Gasteiger partial charge in [0.2, 0.25) is 0 Å². The zero-order valence-electron chi connectivity index (χ0n) is 8.34. The third-order valence-electron chi connectivity index (χ3n) is 2.76. The summed E-state index contributed by atoms with van der Waals surface area (Å²) in [7, 11) is 0.